The van der Waals surface area contributed by atoms with Gasteiger partial charge in [-0.25, -0.2) is 4.98 Å². The number of pyridine rings is 1. The van der Waals surface area contributed by atoms with Gasteiger partial charge in [0.25, 0.3) is 0 Å². The van der Waals surface area contributed by atoms with E-state index in [1.54, 1.807) is 13.3 Å². The Morgan fingerprint density at radius 1 is 1.30 bits per heavy atom. The zero-order chi connectivity index (χ0) is 22.6. The van der Waals surface area contributed by atoms with Crippen molar-refractivity contribution in [1.82, 2.24) is 15.2 Å². The molecule has 1 aromatic rings. The molecule has 5 fully saturated rings. The van der Waals surface area contributed by atoms with Crippen molar-refractivity contribution >= 4 is 23.2 Å². The molecular formula is C25H35ClN4O3. The average molecular weight is 475 g/mol. The summed E-state index contributed by atoms with van der Waals surface area (Å²) in [6.07, 6.45) is 9.43. The number of rotatable bonds is 5. The van der Waals surface area contributed by atoms with Crippen LogP contribution in [-0.2, 0) is 14.3 Å². The second-order valence-electron chi connectivity index (χ2n) is 10.8. The lowest BCUT2D eigenvalue weighted by molar-refractivity contribution is -0.144. The van der Waals surface area contributed by atoms with Gasteiger partial charge in [0, 0.05) is 56.8 Å². The van der Waals surface area contributed by atoms with E-state index in [0.717, 1.165) is 57.5 Å². The molecule has 180 valence electrons. The third kappa shape index (κ3) is 3.76. The van der Waals surface area contributed by atoms with Crippen LogP contribution in [0.3, 0.4) is 0 Å². The second kappa shape index (κ2) is 8.67. The number of piperazine rings is 1. The number of anilines is 1. The van der Waals surface area contributed by atoms with Crippen LogP contribution in [0.25, 0.3) is 0 Å². The lowest BCUT2D eigenvalue weighted by Crippen LogP contribution is -2.54. The molecule has 0 aromatic carbocycles. The van der Waals surface area contributed by atoms with Crippen LogP contribution in [0.15, 0.2) is 18.3 Å². The van der Waals surface area contributed by atoms with E-state index in [1.165, 1.54) is 12.8 Å². The van der Waals surface area contributed by atoms with Gasteiger partial charge in [0.2, 0.25) is 5.91 Å². The zero-order valence-electron chi connectivity index (χ0n) is 19.4. The molecule has 3 aliphatic heterocycles. The maximum Gasteiger partial charge on any atom is 0.229 e. The summed E-state index contributed by atoms with van der Waals surface area (Å²) >= 11 is 6.13. The zero-order valence-corrected chi connectivity index (χ0v) is 20.2. The highest BCUT2D eigenvalue weighted by Crippen LogP contribution is 2.56. The molecule has 7 atom stereocenters. The maximum absolute atomic E-state index is 14.1. The van der Waals surface area contributed by atoms with Crippen molar-refractivity contribution in [2.75, 3.05) is 38.3 Å². The van der Waals surface area contributed by atoms with Gasteiger partial charge in [-0.3, -0.25) is 4.79 Å². The van der Waals surface area contributed by atoms with E-state index < -0.39 is 0 Å². The maximum atomic E-state index is 14.1. The first-order chi connectivity index (χ1) is 16.1. The summed E-state index contributed by atoms with van der Waals surface area (Å²) in [5.41, 5.74) is 0.960. The Bertz CT molecular complexity index is 902. The van der Waals surface area contributed by atoms with Crippen molar-refractivity contribution in [3.63, 3.8) is 0 Å². The SMILES string of the molecule is CO[C@@H]1COCC[C@@H]1N[C@@H]1C[C@H]2CCC[C@@]2(C(=O)N2C[C@H]3C[C@H]2CN3c2ccnc(Cl)c2)C1. The summed E-state index contributed by atoms with van der Waals surface area (Å²) in [5, 5.41) is 4.41. The average Bonchev–Trinajstić information content (AvgIpc) is 3.58. The van der Waals surface area contributed by atoms with Gasteiger partial charge < -0.3 is 24.6 Å². The Labute approximate surface area is 201 Å². The number of nitrogens with zero attached hydrogens (tertiary/aromatic N) is 3. The van der Waals surface area contributed by atoms with Crippen LogP contribution >= 0.6 is 11.6 Å². The minimum atomic E-state index is -0.166. The summed E-state index contributed by atoms with van der Waals surface area (Å²) in [7, 11) is 1.77. The number of carbonyl (C=O) groups is 1. The van der Waals surface area contributed by atoms with E-state index >= 15 is 0 Å². The second-order valence-corrected chi connectivity index (χ2v) is 11.2. The van der Waals surface area contributed by atoms with E-state index in [-0.39, 0.29) is 11.5 Å². The van der Waals surface area contributed by atoms with Crippen LogP contribution < -0.4 is 10.2 Å². The minimum Gasteiger partial charge on any atom is -0.379 e. The predicted molar refractivity (Wildman–Crippen MR) is 126 cm³/mol. The van der Waals surface area contributed by atoms with E-state index in [1.807, 2.05) is 12.1 Å². The Hall–Kier alpha value is -1.41. The summed E-state index contributed by atoms with van der Waals surface area (Å²) < 4.78 is 11.3. The topological polar surface area (TPSA) is 66.9 Å². The molecule has 5 aliphatic rings. The summed E-state index contributed by atoms with van der Waals surface area (Å²) in [5.74, 6) is 0.946. The van der Waals surface area contributed by atoms with Crippen molar-refractivity contribution in [2.24, 2.45) is 11.3 Å². The van der Waals surface area contributed by atoms with Gasteiger partial charge in [0.1, 0.15) is 5.15 Å². The molecule has 1 aromatic heterocycles. The fourth-order valence-corrected chi connectivity index (χ4v) is 7.81. The molecule has 0 radical (unpaired) electrons. The van der Waals surface area contributed by atoms with Gasteiger partial charge in [-0.1, -0.05) is 18.0 Å². The lowest BCUT2D eigenvalue weighted by atomic mass is 9.78. The van der Waals surface area contributed by atoms with E-state index in [2.05, 4.69) is 20.1 Å². The monoisotopic (exact) mass is 474 g/mol. The number of halogens is 1. The van der Waals surface area contributed by atoms with E-state index in [4.69, 9.17) is 21.1 Å². The van der Waals surface area contributed by atoms with Crippen LogP contribution in [0.1, 0.15) is 44.9 Å². The van der Waals surface area contributed by atoms with Crippen LogP contribution in [0.5, 0.6) is 0 Å². The molecular weight excluding hydrogens is 440 g/mol. The first-order valence-electron chi connectivity index (χ1n) is 12.6. The van der Waals surface area contributed by atoms with Crippen LogP contribution in [0.2, 0.25) is 5.15 Å². The largest absolute Gasteiger partial charge is 0.379 e. The molecule has 0 unspecified atom stereocenters. The quantitative estimate of drug-likeness (QED) is 0.662. The van der Waals surface area contributed by atoms with Crippen LogP contribution in [-0.4, -0.2) is 79.5 Å². The minimum absolute atomic E-state index is 0.104. The van der Waals surface area contributed by atoms with Crippen molar-refractivity contribution in [3.8, 4) is 0 Å². The first kappa shape index (κ1) is 22.1. The molecule has 1 amide bonds. The smallest absolute Gasteiger partial charge is 0.229 e. The fraction of sp³-hybridized carbons (Fsp3) is 0.760. The van der Waals surface area contributed by atoms with E-state index in [0.29, 0.717) is 47.8 Å². The van der Waals surface area contributed by atoms with Crippen molar-refractivity contribution < 1.29 is 14.3 Å². The summed E-state index contributed by atoms with van der Waals surface area (Å²) in [6, 6.07) is 5.38. The number of fused-ring (bicyclic) bond motifs is 3. The van der Waals surface area contributed by atoms with Gasteiger partial charge in [-0.2, -0.15) is 0 Å². The molecule has 6 rings (SSSR count). The standard InChI is InChI=1S/C25H35ClN4O3/c1-32-22-15-33-8-5-21(22)28-17-9-16-3-2-6-25(16,12-17)24(31)30-14-19-10-20(30)13-29(19)18-4-7-27-23(26)11-18/h4,7,11,16-17,19-22,28H,2-3,5-6,8-10,12-15H2,1H3/t16-,17-,19-,20+,21+,22-,25-/m1/s1. The lowest BCUT2D eigenvalue weighted by Gasteiger charge is -2.40. The molecule has 0 spiro atoms. The number of ether oxygens (including phenoxy) is 2. The van der Waals surface area contributed by atoms with Crippen molar-refractivity contribution in [3.05, 3.63) is 23.5 Å². The van der Waals surface area contributed by atoms with Crippen LogP contribution in [0, 0.1) is 11.3 Å². The molecule has 4 heterocycles. The highest BCUT2D eigenvalue weighted by Gasteiger charge is 2.59. The fourth-order valence-electron chi connectivity index (χ4n) is 7.65. The molecule has 3 saturated heterocycles. The Kier molecular flexibility index (Phi) is 5.80. The molecule has 2 bridgehead atoms. The van der Waals surface area contributed by atoms with Gasteiger partial charge in [0.05, 0.1) is 24.2 Å². The van der Waals surface area contributed by atoms with E-state index in [9.17, 15) is 4.79 Å². The molecule has 8 heteroatoms. The molecule has 2 saturated carbocycles. The Morgan fingerprint density at radius 3 is 3.00 bits per heavy atom. The third-order valence-electron chi connectivity index (χ3n) is 9.16. The molecule has 2 aliphatic carbocycles. The number of hydrogen-bond donors (Lipinski definition) is 1. The summed E-state index contributed by atoms with van der Waals surface area (Å²) in [6.45, 7) is 3.18. The highest BCUT2D eigenvalue weighted by atomic mass is 35.5. The number of nitrogens with one attached hydrogen (secondary N) is 1. The van der Waals surface area contributed by atoms with Gasteiger partial charge in [-0.05, 0) is 56.6 Å². The number of hydrogen-bond acceptors (Lipinski definition) is 6. The molecule has 33 heavy (non-hydrogen) atoms. The highest BCUT2D eigenvalue weighted by molar-refractivity contribution is 6.29. The van der Waals surface area contributed by atoms with Gasteiger partial charge in [0.15, 0.2) is 0 Å². The molecule has 7 nitrogen and oxygen atoms in total. The van der Waals surface area contributed by atoms with Gasteiger partial charge >= 0.3 is 0 Å². The third-order valence-corrected chi connectivity index (χ3v) is 9.37. The number of methoxy groups -OCH3 is 1. The van der Waals surface area contributed by atoms with Crippen molar-refractivity contribution in [1.29, 1.82) is 0 Å². The Morgan fingerprint density at radius 2 is 2.21 bits per heavy atom. The number of likely N-dealkylation sites (tertiary alicyclic amines) is 1. The Balaban J connectivity index is 1.14. The summed E-state index contributed by atoms with van der Waals surface area (Å²) in [4.78, 5) is 22.9. The number of aromatic nitrogens is 1. The van der Waals surface area contributed by atoms with Crippen LogP contribution in [0.4, 0.5) is 5.69 Å². The number of carbonyl (C=O) groups excluding carboxylic acids is 1. The normalized spacial score (nSPS) is 39.9. The van der Waals surface area contributed by atoms with Gasteiger partial charge in [-0.15, -0.1) is 0 Å². The molecule has 1 N–H and O–H groups in total. The van der Waals surface area contributed by atoms with Crippen molar-refractivity contribution in [2.45, 2.75) is 75.2 Å². The predicted octanol–water partition coefficient (Wildman–Crippen LogP) is 2.87. The number of amides is 1. The first-order valence-corrected chi connectivity index (χ1v) is 13.0.